The van der Waals surface area contributed by atoms with Gasteiger partial charge in [-0.15, -0.1) is 24.5 Å². The van der Waals surface area contributed by atoms with Gasteiger partial charge in [0.25, 0.3) is 5.91 Å². The number of halogens is 3. The zero-order chi connectivity index (χ0) is 27.4. The molecule has 0 saturated carbocycles. The van der Waals surface area contributed by atoms with E-state index in [4.69, 9.17) is 15.2 Å². The molecular weight excluding hydrogens is 523 g/mol. The van der Waals surface area contributed by atoms with E-state index in [1.807, 2.05) is 5.38 Å². The van der Waals surface area contributed by atoms with E-state index in [1.165, 1.54) is 29.7 Å². The Kier molecular flexibility index (Phi) is 7.72. The van der Waals surface area contributed by atoms with Crippen molar-refractivity contribution < 1.29 is 37.0 Å². The molecule has 198 valence electrons. The number of nitrogen functional groups attached to an aromatic ring is 1. The maximum Gasteiger partial charge on any atom is 0.573 e. The zero-order valence-electron chi connectivity index (χ0n) is 20.2. The SMILES string of the molecule is CCOC(=O)c1cnc(N)c2c(COc3cccc(C(=O)Nc4cccc(OC(F)(F)F)c4)c3C)csc12. The smallest absolute Gasteiger partial charge is 0.489 e. The molecule has 2 aromatic heterocycles. The summed E-state index contributed by atoms with van der Waals surface area (Å²) in [4.78, 5) is 29.3. The number of rotatable bonds is 8. The van der Waals surface area contributed by atoms with Crippen LogP contribution in [-0.2, 0) is 11.3 Å². The molecule has 0 bridgehead atoms. The van der Waals surface area contributed by atoms with E-state index < -0.39 is 24.0 Å². The van der Waals surface area contributed by atoms with Gasteiger partial charge in [0.1, 0.15) is 23.9 Å². The van der Waals surface area contributed by atoms with Gasteiger partial charge in [-0.05, 0) is 43.5 Å². The van der Waals surface area contributed by atoms with Gasteiger partial charge in [-0.1, -0.05) is 12.1 Å². The van der Waals surface area contributed by atoms with Crippen LogP contribution in [0.1, 0.15) is 38.8 Å². The number of ether oxygens (including phenoxy) is 3. The van der Waals surface area contributed by atoms with Gasteiger partial charge in [-0.2, -0.15) is 0 Å². The molecule has 8 nitrogen and oxygen atoms in total. The second kappa shape index (κ2) is 11.0. The minimum absolute atomic E-state index is 0.0842. The molecule has 4 aromatic rings. The molecule has 0 atom stereocenters. The van der Waals surface area contributed by atoms with E-state index in [0.29, 0.717) is 32.5 Å². The topological polar surface area (TPSA) is 113 Å². The number of pyridine rings is 1. The number of aromatic nitrogens is 1. The van der Waals surface area contributed by atoms with Crippen LogP contribution in [0.25, 0.3) is 10.1 Å². The lowest BCUT2D eigenvalue weighted by Gasteiger charge is -2.14. The molecule has 0 aliphatic heterocycles. The number of nitrogens with zero attached hydrogens (tertiary/aromatic N) is 1. The molecule has 12 heteroatoms. The molecule has 0 spiro atoms. The van der Waals surface area contributed by atoms with E-state index in [2.05, 4.69) is 15.0 Å². The van der Waals surface area contributed by atoms with Crippen LogP contribution in [0.15, 0.2) is 54.0 Å². The Morgan fingerprint density at radius 1 is 1.13 bits per heavy atom. The second-order valence-corrected chi connectivity index (χ2v) is 8.87. The fourth-order valence-electron chi connectivity index (χ4n) is 3.73. The minimum atomic E-state index is -4.85. The Labute approximate surface area is 219 Å². The Morgan fingerprint density at radius 3 is 2.63 bits per heavy atom. The molecule has 0 radical (unpaired) electrons. The number of carbonyl (C=O) groups is 2. The summed E-state index contributed by atoms with van der Waals surface area (Å²) in [5.41, 5.74) is 8.03. The van der Waals surface area contributed by atoms with Gasteiger partial charge in [-0.25, -0.2) is 9.78 Å². The number of alkyl halides is 3. The van der Waals surface area contributed by atoms with Gasteiger partial charge in [0.2, 0.25) is 0 Å². The predicted octanol–water partition coefficient (Wildman–Crippen LogP) is 6.09. The van der Waals surface area contributed by atoms with Crippen molar-refractivity contribution in [3.63, 3.8) is 0 Å². The number of nitrogens with two attached hydrogens (primary N) is 1. The van der Waals surface area contributed by atoms with E-state index >= 15 is 0 Å². The van der Waals surface area contributed by atoms with Gasteiger partial charge >= 0.3 is 12.3 Å². The van der Waals surface area contributed by atoms with Gasteiger partial charge in [0, 0.05) is 40.0 Å². The third-order valence-electron chi connectivity index (χ3n) is 5.43. The van der Waals surface area contributed by atoms with Crippen molar-refractivity contribution in [1.29, 1.82) is 0 Å². The van der Waals surface area contributed by atoms with Crippen LogP contribution in [0.4, 0.5) is 24.7 Å². The summed E-state index contributed by atoms with van der Waals surface area (Å²) in [5, 5.41) is 4.98. The molecule has 0 aliphatic rings. The number of carbonyl (C=O) groups excluding carboxylic acids is 2. The number of fused-ring (bicyclic) bond motifs is 1. The summed E-state index contributed by atoms with van der Waals surface area (Å²) in [6.07, 6.45) is -3.46. The highest BCUT2D eigenvalue weighted by Crippen LogP contribution is 2.34. The van der Waals surface area contributed by atoms with E-state index in [1.54, 1.807) is 32.0 Å². The van der Waals surface area contributed by atoms with Gasteiger partial charge < -0.3 is 25.3 Å². The van der Waals surface area contributed by atoms with Crippen LogP contribution < -0.4 is 20.5 Å². The van der Waals surface area contributed by atoms with Gasteiger partial charge in [0.05, 0.1) is 16.9 Å². The average molecular weight is 546 g/mol. The number of hydrogen-bond donors (Lipinski definition) is 2. The third-order valence-corrected chi connectivity index (χ3v) is 6.50. The molecular formula is C26H22F3N3O5S. The maximum absolute atomic E-state index is 12.9. The third kappa shape index (κ3) is 5.97. The normalized spacial score (nSPS) is 11.3. The van der Waals surface area contributed by atoms with Crippen molar-refractivity contribution >= 4 is 44.8 Å². The minimum Gasteiger partial charge on any atom is -0.489 e. The summed E-state index contributed by atoms with van der Waals surface area (Å²) in [6.45, 7) is 3.71. The number of thiophene rings is 1. The van der Waals surface area contributed by atoms with Crippen LogP contribution in [0.5, 0.6) is 11.5 Å². The quantitative estimate of drug-likeness (QED) is 0.258. The lowest BCUT2D eigenvalue weighted by Crippen LogP contribution is -2.17. The fraction of sp³-hybridized carbons (Fsp3) is 0.192. The molecule has 0 saturated heterocycles. The highest BCUT2D eigenvalue weighted by atomic mass is 32.1. The first-order valence-electron chi connectivity index (χ1n) is 11.3. The summed E-state index contributed by atoms with van der Waals surface area (Å²) in [6, 6.07) is 9.87. The molecule has 0 fully saturated rings. The highest BCUT2D eigenvalue weighted by Gasteiger charge is 2.31. The Balaban J connectivity index is 1.52. The Morgan fingerprint density at radius 2 is 1.89 bits per heavy atom. The van der Waals surface area contributed by atoms with Gasteiger partial charge in [-0.3, -0.25) is 4.79 Å². The summed E-state index contributed by atoms with van der Waals surface area (Å²) in [5.74, 6) is -0.823. The largest absolute Gasteiger partial charge is 0.573 e. The lowest BCUT2D eigenvalue weighted by atomic mass is 10.1. The van der Waals surface area contributed by atoms with E-state index in [-0.39, 0.29) is 30.3 Å². The number of anilines is 2. The van der Waals surface area contributed by atoms with Crippen LogP contribution in [0.2, 0.25) is 0 Å². The Bertz CT molecular complexity index is 1500. The molecule has 1 amide bonds. The van der Waals surface area contributed by atoms with Gasteiger partial charge in [0.15, 0.2) is 0 Å². The monoisotopic (exact) mass is 545 g/mol. The predicted molar refractivity (Wildman–Crippen MR) is 137 cm³/mol. The molecule has 2 aromatic carbocycles. The molecule has 38 heavy (non-hydrogen) atoms. The number of esters is 1. The first kappa shape index (κ1) is 26.7. The molecule has 0 aliphatic carbocycles. The van der Waals surface area contributed by atoms with Crippen molar-refractivity contribution in [3.05, 3.63) is 76.3 Å². The average Bonchev–Trinajstić information content (AvgIpc) is 3.28. The summed E-state index contributed by atoms with van der Waals surface area (Å²) < 4.78 is 53.2. The van der Waals surface area contributed by atoms with E-state index in [9.17, 15) is 22.8 Å². The molecule has 4 rings (SSSR count). The van der Waals surface area contributed by atoms with Crippen LogP contribution in [0.3, 0.4) is 0 Å². The van der Waals surface area contributed by atoms with Crippen molar-refractivity contribution in [2.45, 2.75) is 26.8 Å². The number of benzene rings is 2. The number of nitrogens with one attached hydrogen (secondary N) is 1. The van der Waals surface area contributed by atoms with Crippen LogP contribution in [0, 0.1) is 6.92 Å². The van der Waals surface area contributed by atoms with Crippen molar-refractivity contribution in [2.24, 2.45) is 0 Å². The molecule has 3 N–H and O–H groups in total. The lowest BCUT2D eigenvalue weighted by molar-refractivity contribution is -0.274. The zero-order valence-corrected chi connectivity index (χ0v) is 21.0. The van der Waals surface area contributed by atoms with Crippen molar-refractivity contribution in [1.82, 2.24) is 4.98 Å². The number of hydrogen-bond acceptors (Lipinski definition) is 8. The Hall–Kier alpha value is -4.32. The first-order chi connectivity index (χ1) is 18.1. The standard InChI is InChI=1S/C26H22F3N3O5S/c1-3-35-25(34)19-11-31-23(30)21-15(13-38-22(19)21)12-36-20-9-5-8-18(14(20)2)24(33)32-16-6-4-7-17(10-16)37-26(27,28)29/h4-11,13H,3,12H2,1-2H3,(H2,30,31)(H,32,33). The highest BCUT2D eigenvalue weighted by molar-refractivity contribution is 7.17. The maximum atomic E-state index is 12.9. The summed E-state index contributed by atoms with van der Waals surface area (Å²) >= 11 is 1.32. The second-order valence-electron chi connectivity index (χ2n) is 7.99. The number of amides is 1. The molecule has 0 unspecified atom stereocenters. The van der Waals surface area contributed by atoms with Crippen LogP contribution in [-0.4, -0.2) is 29.8 Å². The fourth-order valence-corrected chi connectivity index (χ4v) is 4.79. The summed E-state index contributed by atoms with van der Waals surface area (Å²) in [7, 11) is 0. The van der Waals surface area contributed by atoms with Crippen molar-refractivity contribution in [2.75, 3.05) is 17.7 Å². The first-order valence-corrected chi connectivity index (χ1v) is 12.2. The van der Waals surface area contributed by atoms with E-state index in [0.717, 1.165) is 12.1 Å². The van der Waals surface area contributed by atoms with Crippen LogP contribution >= 0.6 is 11.3 Å². The van der Waals surface area contributed by atoms with Crippen molar-refractivity contribution in [3.8, 4) is 11.5 Å². The molecule has 2 heterocycles.